The van der Waals surface area contributed by atoms with Gasteiger partial charge in [-0.15, -0.1) is 0 Å². The first kappa shape index (κ1) is 17.1. The minimum absolute atomic E-state index is 0.306. The van der Waals surface area contributed by atoms with Crippen molar-refractivity contribution in [2.75, 3.05) is 6.61 Å². The Balaban J connectivity index is 2.45. The minimum Gasteiger partial charge on any atom is -0.462 e. The number of aryl methyl sites for hydroxylation is 2. The van der Waals surface area contributed by atoms with Crippen molar-refractivity contribution in [2.24, 2.45) is 12.0 Å². The highest BCUT2D eigenvalue weighted by atomic mass is 32.1. The third kappa shape index (κ3) is 3.42. The van der Waals surface area contributed by atoms with Gasteiger partial charge in [-0.3, -0.25) is 9.48 Å². The van der Waals surface area contributed by atoms with Gasteiger partial charge in [0.1, 0.15) is 10.6 Å². The molecule has 2 heterocycles. The summed E-state index contributed by atoms with van der Waals surface area (Å²) >= 11 is 1.15. The van der Waals surface area contributed by atoms with Crippen molar-refractivity contribution in [1.29, 1.82) is 0 Å². The highest BCUT2D eigenvalue weighted by Gasteiger charge is 2.18. The third-order valence-electron chi connectivity index (χ3n) is 3.39. The molecule has 0 aliphatic rings. The van der Waals surface area contributed by atoms with Gasteiger partial charge < -0.3 is 9.30 Å². The van der Waals surface area contributed by atoms with E-state index in [4.69, 9.17) is 4.74 Å². The van der Waals surface area contributed by atoms with Gasteiger partial charge in [-0.2, -0.15) is 10.1 Å². The smallest absolute Gasteiger partial charge is 0.350 e. The molecule has 0 N–H and O–H groups in total. The van der Waals surface area contributed by atoms with Crippen molar-refractivity contribution in [3.63, 3.8) is 0 Å². The molecule has 0 fully saturated rings. The fourth-order valence-electron chi connectivity index (χ4n) is 2.12. The van der Waals surface area contributed by atoms with Crippen molar-refractivity contribution < 1.29 is 14.3 Å². The summed E-state index contributed by atoms with van der Waals surface area (Å²) in [6, 6.07) is 1.71. The molecule has 0 aliphatic heterocycles. The van der Waals surface area contributed by atoms with Crippen molar-refractivity contribution in [1.82, 2.24) is 14.3 Å². The van der Waals surface area contributed by atoms with E-state index in [2.05, 4.69) is 10.1 Å². The predicted molar refractivity (Wildman–Crippen MR) is 86.5 cm³/mol. The molecular formula is C15H20N4O3S. The summed E-state index contributed by atoms with van der Waals surface area (Å²) in [5.41, 5.74) is 1.93. The quantitative estimate of drug-likeness (QED) is 0.798. The van der Waals surface area contributed by atoms with E-state index < -0.39 is 5.97 Å². The van der Waals surface area contributed by atoms with Gasteiger partial charge in [-0.05, 0) is 33.8 Å². The van der Waals surface area contributed by atoms with Crippen LogP contribution in [0.2, 0.25) is 0 Å². The van der Waals surface area contributed by atoms with E-state index >= 15 is 0 Å². The summed E-state index contributed by atoms with van der Waals surface area (Å²) in [6.07, 6.45) is 0. The highest BCUT2D eigenvalue weighted by Crippen LogP contribution is 2.13. The normalized spacial score (nSPS) is 11.8. The lowest BCUT2D eigenvalue weighted by molar-refractivity contribution is 0.0530. The van der Waals surface area contributed by atoms with E-state index in [0.29, 0.717) is 28.5 Å². The van der Waals surface area contributed by atoms with Gasteiger partial charge in [-0.1, -0.05) is 11.3 Å². The zero-order valence-corrected chi connectivity index (χ0v) is 14.7. The molecule has 7 nitrogen and oxygen atoms in total. The fraction of sp³-hybridized carbons (Fsp3) is 0.467. The number of thiazole rings is 1. The van der Waals surface area contributed by atoms with Gasteiger partial charge in [0, 0.05) is 19.3 Å². The largest absolute Gasteiger partial charge is 0.462 e. The van der Waals surface area contributed by atoms with Gasteiger partial charge >= 0.3 is 5.97 Å². The average molecular weight is 336 g/mol. The molecule has 0 aliphatic carbocycles. The molecule has 0 aromatic carbocycles. The standard InChI is InChI=1S/C15H20N4O3S/c1-6-19-11(8-9(3)17-19)13(20)16-15-18(5)10(4)12(23-15)14(21)22-7-2/h8H,6-7H2,1-5H3. The Labute approximate surface area is 138 Å². The summed E-state index contributed by atoms with van der Waals surface area (Å²) in [5, 5.41) is 4.25. The van der Waals surface area contributed by atoms with Crippen molar-refractivity contribution >= 4 is 23.2 Å². The SMILES string of the molecule is CCOC(=O)c1sc(=NC(=O)c2cc(C)nn2CC)n(C)c1C. The maximum absolute atomic E-state index is 12.4. The Morgan fingerprint density at radius 3 is 2.65 bits per heavy atom. The van der Waals surface area contributed by atoms with E-state index in [1.165, 1.54) is 0 Å². The Morgan fingerprint density at radius 2 is 2.04 bits per heavy atom. The number of amides is 1. The summed E-state index contributed by atoms with van der Waals surface area (Å²) in [6.45, 7) is 8.19. The van der Waals surface area contributed by atoms with Crippen LogP contribution in [-0.4, -0.2) is 32.8 Å². The van der Waals surface area contributed by atoms with Gasteiger partial charge in [-0.25, -0.2) is 4.79 Å². The Hall–Kier alpha value is -2.22. The number of ether oxygens (including phenoxy) is 1. The summed E-state index contributed by atoms with van der Waals surface area (Å²) in [4.78, 5) is 29.4. The van der Waals surface area contributed by atoms with Crippen LogP contribution in [0.1, 0.15) is 45.4 Å². The van der Waals surface area contributed by atoms with Crippen molar-refractivity contribution in [2.45, 2.75) is 34.2 Å². The molecule has 8 heteroatoms. The number of aromatic nitrogens is 3. The highest BCUT2D eigenvalue weighted by molar-refractivity contribution is 7.11. The summed E-state index contributed by atoms with van der Waals surface area (Å²) < 4.78 is 8.36. The summed E-state index contributed by atoms with van der Waals surface area (Å²) in [7, 11) is 1.77. The van der Waals surface area contributed by atoms with Crippen LogP contribution in [0.25, 0.3) is 0 Å². The van der Waals surface area contributed by atoms with Crippen LogP contribution >= 0.6 is 11.3 Å². The molecule has 2 aromatic rings. The van der Waals surface area contributed by atoms with E-state index in [1.54, 1.807) is 36.2 Å². The molecule has 0 bridgehead atoms. The topological polar surface area (TPSA) is 78.5 Å². The molecular weight excluding hydrogens is 316 g/mol. The maximum Gasteiger partial charge on any atom is 0.350 e. The average Bonchev–Trinajstić information content (AvgIpc) is 3.02. The van der Waals surface area contributed by atoms with Crippen LogP contribution in [0, 0.1) is 13.8 Å². The van der Waals surface area contributed by atoms with Crippen LogP contribution < -0.4 is 4.80 Å². The van der Waals surface area contributed by atoms with Crippen molar-refractivity contribution in [3.05, 3.63) is 32.8 Å². The fourth-order valence-corrected chi connectivity index (χ4v) is 3.13. The van der Waals surface area contributed by atoms with Gasteiger partial charge in [0.2, 0.25) is 0 Å². The zero-order chi connectivity index (χ0) is 17.1. The number of nitrogens with zero attached hydrogens (tertiary/aromatic N) is 4. The molecule has 124 valence electrons. The first-order valence-corrected chi connectivity index (χ1v) is 8.17. The predicted octanol–water partition coefficient (Wildman–Crippen LogP) is 1.84. The second-order valence-electron chi connectivity index (χ2n) is 4.98. The monoisotopic (exact) mass is 336 g/mol. The van der Waals surface area contributed by atoms with Gasteiger partial charge in [0.25, 0.3) is 5.91 Å². The first-order chi connectivity index (χ1) is 10.9. The van der Waals surface area contributed by atoms with Crippen molar-refractivity contribution in [3.8, 4) is 0 Å². The number of rotatable bonds is 4. The number of esters is 1. The third-order valence-corrected chi connectivity index (χ3v) is 4.60. The molecule has 0 saturated carbocycles. The van der Waals surface area contributed by atoms with Crippen LogP contribution in [0.5, 0.6) is 0 Å². The Bertz CT molecular complexity index is 813. The molecule has 0 unspecified atom stereocenters. The molecule has 2 rings (SSSR count). The Kier molecular flexibility index (Phi) is 5.15. The number of hydrogen-bond donors (Lipinski definition) is 0. The lowest BCUT2D eigenvalue weighted by atomic mass is 10.3. The van der Waals surface area contributed by atoms with E-state index in [1.807, 2.05) is 13.8 Å². The van der Waals surface area contributed by atoms with E-state index in [9.17, 15) is 9.59 Å². The van der Waals surface area contributed by atoms with Crippen LogP contribution in [0.15, 0.2) is 11.1 Å². The molecule has 0 atom stereocenters. The molecule has 0 spiro atoms. The van der Waals surface area contributed by atoms with Crippen LogP contribution in [-0.2, 0) is 18.3 Å². The Morgan fingerprint density at radius 1 is 1.35 bits per heavy atom. The number of carbonyl (C=O) groups is 2. The number of hydrogen-bond acceptors (Lipinski definition) is 5. The second-order valence-corrected chi connectivity index (χ2v) is 5.96. The number of carbonyl (C=O) groups excluding carboxylic acids is 2. The van der Waals surface area contributed by atoms with Gasteiger partial charge in [0.15, 0.2) is 4.80 Å². The molecule has 1 amide bonds. The molecule has 23 heavy (non-hydrogen) atoms. The van der Waals surface area contributed by atoms with Crippen LogP contribution in [0.3, 0.4) is 0 Å². The van der Waals surface area contributed by atoms with Crippen LogP contribution in [0.4, 0.5) is 0 Å². The maximum atomic E-state index is 12.4. The van der Waals surface area contributed by atoms with Gasteiger partial charge in [0.05, 0.1) is 12.3 Å². The second kappa shape index (κ2) is 6.91. The minimum atomic E-state index is -0.394. The molecule has 2 aromatic heterocycles. The van der Waals surface area contributed by atoms with E-state index in [-0.39, 0.29) is 5.91 Å². The lowest BCUT2D eigenvalue weighted by Gasteiger charge is -2.00. The van der Waals surface area contributed by atoms with E-state index in [0.717, 1.165) is 22.7 Å². The molecule has 0 radical (unpaired) electrons. The summed E-state index contributed by atoms with van der Waals surface area (Å²) in [5.74, 6) is -0.770. The zero-order valence-electron chi connectivity index (χ0n) is 13.9. The lowest BCUT2D eigenvalue weighted by Crippen LogP contribution is -2.16. The molecule has 0 saturated heterocycles. The first-order valence-electron chi connectivity index (χ1n) is 7.36.